The molecule has 44 heavy (non-hydrogen) atoms. The Bertz CT molecular complexity index is 609. The van der Waals surface area contributed by atoms with Gasteiger partial charge in [-0.05, 0) is 64.2 Å². The van der Waals surface area contributed by atoms with Crippen LogP contribution in [-0.2, 0) is 15.1 Å². The first-order valence-corrected chi connectivity index (χ1v) is 19.3. The van der Waals surface area contributed by atoms with Gasteiger partial charge in [-0.25, -0.2) is 0 Å². The molecule has 0 atom stereocenters. The van der Waals surface area contributed by atoms with Crippen molar-refractivity contribution in [3.63, 3.8) is 0 Å². The van der Waals surface area contributed by atoms with Crippen LogP contribution in [0.2, 0.25) is 0 Å². The molecule has 0 aliphatic heterocycles. The van der Waals surface area contributed by atoms with Crippen LogP contribution in [0.25, 0.3) is 0 Å². The molecular weight excluding hydrogens is 623 g/mol. The fraction of sp³-hybridized carbons (Fsp3) is 0.889. The van der Waals surface area contributed by atoms with E-state index in [-0.39, 0.29) is 103 Å². The normalized spacial score (nSPS) is 11.4. The van der Waals surface area contributed by atoms with Crippen molar-refractivity contribution in [1.29, 1.82) is 0 Å². The Morgan fingerprint density at radius 2 is 0.614 bits per heavy atom. The third kappa shape index (κ3) is 63.3. The summed E-state index contributed by atoms with van der Waals surface area (Å²) in [7, 11) is -5.17. The molecule has 8 heteroatoms. The molecule has 252 valence electrons. The van der Waals surface area contributed by atoms with Crippen LogP contribution in [-0.4, -0.2) is 30.7 Å². The van der Waals surface area contributed by atoms with Gasteiger partial charge in [0.1, 0.15) is 0 Å². The minimum Gasteiger partial charge on any atom is -0.759 e. The zero-order valence-electron chi connectivity index (χ0n) is 30.0. The van der Waals surface area contributed by atoms with Gasteiger partial charge in [-0.15, -0.1) is 0 Å². The zero-order chi connectivity index (χ0) is 31.2. The monoisotopic (exact) mass is 692 g/mol. The molecule has 0 aliphatic rings. The van der Waals surface area contributed by atoms with Crippen molar-refractivity contribution < 1.29 is 125 Å². The number of ether oxygens (including phenoxy) is 1. The molecule has 0 spiro atoms. The Morgan fingerprint density at radius 3 is 0.864 bits per heavy atom. The van der Waals surface area contributed by atoms with Gasteiger partial charge >= 0.3 is 103 Å². The van der Waals surface area contributed by atoms with Gasteiger partial charge in [0.2, 0.25) is 0 Å². The molecule has 0 rings (SSSR count). The van der Waals surface area contributed by atoms with Gasteiger partial charge in [-0.2, -0.15) is 0 Å². The largest absolute Gasteiger partial charge is 1.00 e. The fourth-order valence-corrected chi connectivity index (χ4v) is 5.01. The summed E-state index contributed by atoms with van der Waals surface area (Å²) in [5.74, 6) is 0. The van der Waals surface area contributed by atoms with Gasteiger partial charge < -0.3 is 13.8 Å². The summed E-state index contributed by atoms with van der Waals surface area (Å²) >= 11 is 0. The molecule has 5 nitrogen and oxygen atoms in total. The maximum Gasteiger partial charge on any atom is 1.00 e. The molecule has 0 aromatic rings. The fourth-order valence-electron chi connectivity index (χ4n) is 5.01. The molecule has 0 fully saturated rings. The molecule has 0 unspecified atom stereocenters. The van der Waals surface area contributed by atoms with E-state index in [4.69, 9.17) is 22.3 Å². The third-order valence-electron chi connectivity index (χ3n) is 7.60. The van der Waals surface area contributed by atoms with E-state index in [1.54, 1.807) is 0 Å². The van der Waals surface area contributed by atoms with Crippen molar-refractivity contribution in [3.8, 4) is 0 Å². The minimum atomic E-state index is -5.17. The number of rotatable bonds is 32. The minimum absolute atomic E-state index is 0. The van der Waals surface area contributed by atoms with E-state index in [1.807, 2.05) is 0 Å². The molecule has 0 heterocycles. The van der Waals surface area contributed by atoms with E-state index in [0.717, 1.165) is 13.2 Å². The van der Waals surface area contributed by atoms with Gasteiger partial charge in [-0.3, -0.25) is 8.42 Å². The number of unbranched alkanes of at least 4 members (excludes halogenated alkanes) is 24. The topological polar surface area (TPSA) is 89.5 Å². The second-order valence-corrected chi connectivity index (χ2v) is 12.7. The SMILES string of the molecule is CCCCCCCC/C=C\CCCCCCCCOCCCCCCCC/C=C\CCCCCCCC.O=S(=O)([O-])[O-].[K+].[K+]. The van der Waals surface area contributed by atoms with E-state index in [1.165, 1.54) is 180 Å². The Hall–Kier alpha value is 2.58. The van der Waals surface area contributed by atoms with E-state index >= 15 is 0 Å². The van der Waals surface area contributed by atoms with Crippen molar-refractivity contribution in [2.45, 2.75) is 194 Å². The summed E-state index contributed by atoms with van der Waals surface area (Å²) in [6.07, 6.45) is 48.1. The van der Waals surface area contributed by atoms with Crippen molar-refractivity contribution in [2.24, 2.45) is 0 Å². The summed E-state index contributed by atoms with van der Waals surface area (Å²) < 4.78 is 39.9. The summed E-state index contributed by atoms with van der Waals surface area (Å²) in [4.78, 5) is 0. The van der Waals surface area contributed by atoms with Crippen LogP contribution in [0.4, 0.5) is 0 Å². The molecule has 0 saturated carbocycles. The van der Waals surface area contributed by atoms with Gasteiger partial charge in [0, 0.05) is 23.6 Å². The smallest absolute Gasteiger partial charge is 0.759 e. The Balaban J connectivity index is -0.00000105. The Labute approximate surface area is 361 Å². The molecule has 0 radical (unpaired) electrons. The van der Waals surface area contributed by atoms with Crippen LogP contribution in [0.1, 0.15) is 194 Å². The number of hydrogen-bond donors (Lipinski definition) is 0. The summed E-state index contributed by atoms with van der Waals surface area (Å²) in [5.41, 5.74) is 0. The first-order valence-electron chi connectivity index (χ1n) is 18.0. The van der Waals surface area contributed by atoms with Crippen LogP contribution >= 0.6 is 0 Å². The van der Waals surface area contributed by atoms with E-state index in [9.17, 15) is 0 Å². The van der Waals surface area contributed by atoms with Crippen LogP contribution in [0, 0.1) is 0 Å². The number of hydrogen-bond acceptors (Lipinski definition) is 5. The van der Waals surface area contributed by atoms with Gasteiger partial charge in [0.05, 0.1) is 0 Å². The molecule has 0 saturated heterocycles. The Morgan fingerprint density at radius 1 is 0.409 bits per heavy atom. The van der Waals surface area contributed by atoms with Gasteiger partial charge in [-0.1, -0.05) is 154 Å². The van der Waals surface area contributed by atoms with Crippen LogP contribution in [0.15, 0.2) is 24.3 Å². The van der Waals surface area contributed by atoms with Crippen molar-refractivity contribution in [1.82, 2.24) is 0 Å². The van der Waals surface area contributed by atoms with Crippen molar-refractivity contribution in [2.75, 3.05) is 13.2 Å². The number of allylic oxidation sites excluding steroid dienone is 4. The Kier molecular flexibility index (Phi) is 57.9. The maximum atomic E-state index is 8.52. The standard InChI is InChI=1S/C36H70O.2K.H2O4S/c1-3-5-7-9-11-13-15-17-19-21-23-25-27-29-31-33-35-37-36-34-32-30-28-26-24-22-20-18-16-14-12-10-8-6-4-2;;;1-5(2,3)4/h17-20H,3-16,21-36H2,1-2H3;;;(H2,1,2,3,4)/q;2*+1;/p-2/b19-17-,20-18-;;;. The second-order valence-electron chi connectivity index (χ2n) is 11.9. The van der Waals surface area contributed by atoms with Crippen molar-refractivity contribution in [3.05, 3.63) is 24.3 Å². The molecular formula is C36H70K2O5S. The first-order chi connectivity index (χ1) is 20.4. The second kappa shape index (κ2) is 47.7. The van der Waals surface area contributed by atoms with E-state index < -0.39 is 10.4 Å². The molecule has 0 aromatic carbocycles. The average Bonchev–Trinajstić information content (AvgIpc) is 2.94. The summed E-state index contributed by atoms with van der Waals surface area (Å²) in [6.45, 7) is 6.54. The zero-order valence-corrected chi connectivity index (χ0v) is 37.0. The van der Waals surface area contributed by atoms with E-state index in [0.29, 0.717) is 0 Å². The molecule has 0 bridgehead atoms. The predicted octanol–water partition coefficient (Wildman–Crippen LogP) is 5.75. The van der Waals surface area contributed by atoms with Crippen molar-refractivity contribution >= 4 is 10.4 Å². The third-order valence-corrected chi connectivity index (χ3v) is 7.60. The maximum absolute atomic E-state index is 8.52. The average molecular weight is 693 g/mol. The van der Waals surface area contributed by atoms with Gasteiger partial charge in [0.15, 0.2) is 0 Å². The molecule has 0 N–H and O–H groups in total. The summed E-state index contributed by atoms with van der Waals surface area (Å²) in [5, 5.41) is 0. The van der Waals surface area contributed by atoms with E-state index in [2.05, 4.69) is 38.2 Å². The molecule has 0 aromatic heterocycles. The molecule has 0 aliphatic carbocycles. The first kappa shape index (κ1) is 53.4. The van der Waals surface area contributed by atoms with Crippen LogP contribution in [0.5, 0.6) is 0 Å². The predicted molar refractivity (Wildman–Crippen MR) is 180 cm³/mol. The van der Waals surface area contributed by atoms with Gasteiger partial charge in [0.25, 0.3) is 0 Å². The van der Waals surface area contributed by atoms with Crippen LogP contribution < -0.4 is 103 Å². The molecule has 0 amide bonds. The van der Waals surface area contributed by atoms with Crippen LogP contribution in [0.3, 0.4) is 0 Å². The quantitative estimate of drug-likeness (QED) is 0.0295. The summed E-state index contributed by atoms with van der Waals surface area (Å²) in [6, 6.07) is 0.